The van der Waals surface area contributed by atoms with E-state index in [0.717, 1.165) is 15.7 Å². The molecule has 0 saturated heterocycles. The molecule has 0 bridgehead atoms. The summed E-state index contributed by atoms with van der Waals surface area (Å²) in [4.78, 5) is 33.3. The van der Waals surface area contributed by atoms with Crippen LogP contribution in [0.1, 0.15) is 36.7 Å². The van der Waals surface area contributed by atoms with Crippen LogP contribution < -0.4 is 21.8 Å². The fourth-order valence-corrected chi connectivity index (χ4v) is 3.30. The van der Waals surface area contributed by atoms with Crippen LogP contribution >= 0.6 is 15.9 Å². The first-order chi connectivity index (χ1) is 12.3. The van der Waals surface area contributed by atoms with Gasteiger partial charge in [-0.3, -0.25) is 9.59 Å². The van der Waals surface area contributed by atoms with E-state index in [1.165, 1.54) is 0 Å². The molecular formula is C19H19BrN4O2. The van der Waals surface area contributed by atoms with Crippen LogP contribution in [-0.4, -0.2) is 19.5 Å². The summed E-state index contributed by atoms with van der Waals surface area (Å²) in [5, 5.41) is 0.202. The Balaban J connectivity index is 2.10. The van der Waals surface area contributed by atoms with E-state index in [4.69, 9.17) is 0 Å². The molecule has 0 saturated carbocycles. The number of hydrogen-bond acceptors (Lipinski definition) is 3. The molecule has 2 N–H and O–H groups in total. The molecule has 0 fully saturated rings. The van der Waals surface area contributed by atoms with Crippen molar-refractivity contribution in [2.45, 2.75) is 26.3 Å². The second-order valence-corrected chi connectivity index (χ2v) is 7.29. The van der Waals surface area contributed by atoms with Crippen LogP contribution in [0.25, 0.3) is 12.7 Å². The second kappa shape index (κ2) is 7.29. The first-order valence-electron chi connectivity index (χ1n) is 8.18. The van der Waals surface area contributed by atoms with Crippen molar-refractivity contribution in [1.82, 2.24) is 19.5 Å². The first-order valence-corrected chi connectivity index (χ1v) is 8.97. The number of rotatable bonds is 4. The van der Waals surface area contributed by atoms with Gasteiger partial charge in [-0.15, -0.1) is 0 Å². The molecule has 0 amide bonds. The van der Waals surface area contributed by atoms with E-state index < -0.39 is 11.1 Å². The Bertz CT molecular complexity index is 1170. The molecule has 0 atom stereocenters. The van der Waals surface area contributed by atoms with Gasteiger partial charge in [-0.05, 0) is 29.7 Å². The number of aromatic amines is 2. The Morgan fingerprint density at radius 3 is 2.73 bits per heavy atom. The fraction of sp³-hybridized carbons (Fsp3) is 0.211. The minimum Gasteiger partial charge on any atom is -0.329 e. The van der Waals surface area contributed by atoms with Crippen molar-refractivity contribution >= 4 is 28.6 Å². The van der Waals surface area contributed by atoms with Crippen molar-refractivity contribution in [2.24, 2.45) is 0 Å². The summed E-state index contributed by atoms with van der Waals surface area (Å²) in [5.74, 6) is 0.189. The Morgan fingerprint density at radius 1 is 1.27 bits per heavy atom. The van der Waals surface area contributed by atoms with Crippen LogP contribution in [0.5, 0.6) is 0 Å². The summed E-state index contributed by atoms with van der Waals surface area (Å²) in [6, 6.07) is 8.08. The summed E-state index contributed by atoms with van der Waals surface area (Å²) >= 11 is 3.48. The highest BCUT2D eigenvalue weighted by molar-refractivity contribution is 9.10. The first kappa shape index (κ1) is 18.1. The molecule has 2 heterocycles. The van der Waals surface area contributed by atoms with Crippen LogP contribution in [0.15, 0.2) is 44.7 Å². The number of benzene rings is 1. The number of aromatic nitrogens is 4. The summed E-state index contributed by atoms with van der Waals surface area (Å²) in [6.07, 6.45) is 3.36. The molecule has 3 aromatic rings. The van der Waals surface area contributed by atoms with Gasteiger partial charge in [0.25, 0.3) is 11.1 Å². The van der Waals surface area contributed by atoms with Gasteiger partial charge in [0.15, 0.2) is 0 Å². The third-order valence-corrected chi connectivity index (χ3v) is 4.50. The van der Waals surface area contributed by atoms with Gasteiger partial charge in [0.2, 0.25) is 0 Å². The van der Waals surface area contributed by atoms with E-state index in [1.807, 2.05) is 18.2 Å². The average molecular weight is 415 g/mol. The zero-order valence-electron chi connectivity index (χ0n) is 14.5. The van der Waals surface area contributed by atoms with Crippen molar-refractivity contribution in [2.75, 3.05) is 0 Å². The number of H-pyrrole nitrogens is 2. The highest BCUT2D eigenvalue weighted by Crippen LogP contribution is 2.21. The third kappa shape index (κ3) is 3.77. The molecule has 2 aromatic heterocycles. The summed E-state index contributed by atoms with van der Waals surface area (Å²) in [6.45, 7) is 8.30. The van der Waals surface area contributed by atoms with Crippen LogP contribution in [0.3, 0.4) is 0 Å². The van der Waals surface area contributed by atoms with Gasteiger partial charge in [-0.25, -0.2) is 4.98 Å². The van der Waals surface area contributed by atoms with Crippen molar-refractivity contribution in [1.29, 1.82) is 0 Å². The van der Waals surface area contributed by atoms with Crippen molar-refractivity contribution in [3.8, 4) is 0 Å². The smallest absolute Gasteiger partial charge is 0.272 e. The molecular weight excluding hydrogens is 396 g/mol. The topological polar surface area (TPSA) is 83.5 Å². The molecule has 1 aromatic carbocycles. The molecule has 7 heteroatoms. The third-order valence-electron chi connectivity index (χ3n) is 4.01. The molecule has 0 spiro atoms. The molecule has 6 nitrogen and oxygen atoms in total. The lowest BCUT2D eigenvalue weighted by atomic mass is 10.1. The van der Waals surface area contributed by atoms with E-state index in [9.17, 15) is 9.59 Å². The Kier molecular flexibility index (Phi) is 5.08. The van der Waals surface area contributed by atoms with Gasteiger partial charge in [-0.2, -0.15) is 0 Å². The average Bonchev–Trinajstić information content (AvgIpc) is 2.95. The number of imidazole rings is 1. The van der Waals surface area contributed by atoms with Crippen LogP contribution in [0, 0.1) is 0 Å². The van der Waals surface area contributed by atoms with Gasteiger partial charge in [0.1, 0.15) is 5.35 Å². The van der Waals surface area contributed by atoms with E-state index >= 15 is 0 Å². The Labute approximate surface area is 158 Å². The summed E-state index contributed by atoms with van der Waals surface area (Å²) in [7, 11) is 0. The van der Waals surface area contributed by atoms with Crippen LogP contribution in [0.4, 0.5) is 0 Å². The maximum Gasteiger partial charge on any atom is 0.272 e. The van der Waals surface area contributed by atoms with Gasteiger partial charge in [0.05, 0.1) is 17.4 Å². The summed E-state index contributed by atoms with van der Waals surface area (Å²) in [5.41, 5.74) is 1.97. The molecule has 0 aliphatic heterocycles. The van der Waals surface area contributed by atoms with E-state index in [1.54, 1.807) is 12.4 Å². The largest absolute Gasteiger partial charge is 0.329 e. The maximum atomic E-state index is 12.1. The van der Waals surface area contributed by atoms with E-state index in [0.29, 0.717) is 12.2 Å². The highest BCUT2D eigenvalue weighted by atomic mass is 79.9. The quantitative estimate of drug-likeness (QED) is 0.677. The van der Waals surface area contributed by atoms with Gasteiger partial charge < -0.3 is 14.5 Å². The Morgan fingerprint density at radius 2 is 2.04 bits per heavy atom. The van der Waals surface area contributed by atoms with Gasteiger partial charge in [-0.1, -0.05) is 48.5 Å². The zero-order valence-corrected chi connectivity index (χ0v) is 16.1. The van der Waals surface area contributed by atoms with Crippen LogP contribution in [-0.2, 0) is 6.54 Å². The molecule has 0 aliphatic rings. The predicted molar refractivity (Wildman–Crippen MR) is 106 cm³/mol. The van der Waals surface area contributed by atoms with Crippen molar-refractivity contribution < 1.29 is 0 Å². The lowest BCUT2D eigenvalue weighted by Gasteiger charge is -2.12. The van der Waals surface area contributed by atoms with Crippen molar-refractivity contribution in [3.05, 3.63) is 83.4 Å². The summed E-state index contributed by atoms with van der Waals surface area (Å²) < 4.78 is 3.07. The number of nitrogens with one attached hydrogen (secondary N) is 2. The Hall–Kier alpha value is -2.67. The normalized spacial score (nSPS) is 12.1. The minimum absolute atomic E-state index is 0.0383. The second-order valence-electron chi connectivity index (χ2n) is 6.37. The zero-order chi connectivity index (χ0) is 18.8. The highest BCUT2D eigenvalue weighted by Gasteiger charge is 2.13. The number of nitrogens with zero attached hydrogens (tertiary/aromatic N) is 2. The standard InChI is InChI=1S/C19H19BrN4O2/c1-11(2)17-15(8-16-19(26)22-12(3)18(25)23-16)21-10-24(17)9-13-5-4-6-14(20)7-13/h4-8,10-11H,3,9H2,1-2H3,(H,22,26)(H,23,25). The molecule has 26 heavy (non-hydrogen) atoms. The van der Waals surface area contributed by atoms with E-state index in [-0.39, 0.29) is 16.6 Å². The molecule has 134 valence electrons. The lowest BCUT2D eigenvalue weighted by molar-refractivity contribution is 0.690. The monoisotopic (exact) mass is 414 g/mol. The maximum absolute atomic E-state index is 12.1. The van der Waals surface area contributed by atoms with E-state index in [2.05, 4.69) is 61.9 Å². The molecule has 0 unspecified atom stereocenters. The SMILES string of the molecule is C=c1[nH]c(=O)c(=Cc2ncn(Cc3cccc(Br)c3)c2C(C)C)[nH]c1=O. The number of halogens is 1. The molecule has 0 aliphatic carbocycles. The molecule has 0 radical (unpaired) electrons. The van der Waals surface area contributed by atoms with Crippen molar-refractivity contribution in [3.63, 3.8) is 0 Å². The predicted octanol–water partition coefficient (Wildman–Crippen LogP) is 1.43. The molecule has 3 rings (SSSR count). The minimum atomic E-state index is -0.421. The number of hydrogen-bond donors (Lipinski definition) is 2. The van der Waals surface area contributed by atoms with Gasteiger partial charge >= 0.3 is 0 Å². The van der Waals surface area contributed by atoms with Crippen LogP contribution in [0.2, 0.25) is 0 Å². The lowest BCUT2D eigenvalue weighted by Crippen LogP contribution is -2.46. The fourth-order valence-electron chi connectivity index (χ4n) is 2.86. The van der Waals surface area contributed by atoms with Gasteiger partial charge in [0, 0.05) is 16.7 Å².